The minimum Gasteiger partial charge on any atom is -0.496 e. The maximum Gasteiger partial charge on any atom is 0.133 e. The van der Waals surface area contributed by atoms with Crippen LogP contribution in [0.2, 0.25) is 0 Å². The lowest BCUT2D eigenvalue weighted by Crippen LogP contribution is -1.93. The fourth-order valence-corrected chi connectivity index (χ4v) is 1.89. The second-order valence-electron chi connectivity index (χ2n) is 3.99. The lowest BCUT2D eigenvalue weighted by Gasteiger charge is -2.09. The summed E-state index contributed by atoms with van der Waals surface area (Å²) in [5, 5.41) is 8.76. The standard InChI is InChI=1S/C15H11F2NO/c1-19-15-5-2-10(8-11(15)6-7-18)13-4-3-12(16)9-14(13)17/h2-5,8-9H,6H2,1H3. The molecule has 0 radical (unpaired) electrons. The molecule has 0 atom stereocenters. The molecule has 0 aliphatic heterocycles. The SMILES string of the molecule is COc1ccc(-c2ccc(F)cc2F)cc1CC#N. The molecule has 2 rings (SSSR count). The summed E-state index contributed by atoms with van der Waals surface area (Å²) < 4.78 is 31.7. The van der Waals surface area contributed by atoms with Crippen molar-refractivity contribution in [2.75, 3.05) is 7.11 Å². The Hall–Kier alpha value is -2.41. The molecule has 0 aliphatic rings. The molecule has 96 valence electrons. The first-order valence-corrected chi connectivity index (χ1v) is 5.65. The van der Waals surface area contributed by atoms with Crippen LogP contribution in [0.25, 0.3) is 11.1 Å². The molecule has 2 aromatic rings. The third kappa shape index (κ3) is 2.71. The zero-order valence-corrected chi connectivity index (χ0v) is 10.3. The van der Waals surface area contributed by atoms with Crippen molar-refractivity contribution >= 4 is 0 Å². The van der Waals surface area contributed by atoms with Crippen LogP contribution in [0.4, 0.5) is 8.78 Å². The number of rotatable bonds is 3. The van der Waals surface area contributed by atoms with Crippen LogP contribution in [0.5, 0.6) is 5.75 Å². The number of halogens is 2. The Labute approximate surface area is 109 Å². The number of ether oxygens (including phenoxy) is 1. The number of nitrogens with zero attached hydrogens (tertiary/aromatic N) is 1. The highest BCUT2D eigenvalue weighted by Crippen LogP contribution is 2.28. The summed E-state index contributed by atoms with van der Waals surface area (Å²) in [6.45, 7) is 0. The first-order valence-electron chi connectivity index (χ1n) is 5.65. The zero-order valence-electron chi connectivity index (χ0n) is 10.3. The largest absolute Gasteiger partial charge is 0.496 e. The van der Waals surface area contributed by atoms with E-state index in [4.69, 9.17) is 10.00 Å². The highest BCUT2D eigenvalue weighted by molar-refractivity contribution is 5.66. The summed E-state index contributed by atoms with van der Waals surface area (Å²) in [6, 6.07) is 10.5. The third-order valence-electron chi connectivity index (χ3n) is 2.79. The lowest BCUT2D eigenvalue weighted by atomic mass is 10.0. The average molecular weight is 259 g/mol. The Balaban J connectivity index is 2.51. The normalized spacial score (nSPS) is 10.0. The molecule has 0 bridgehead atoms. The number of hydrogen-bond donors (Lipinski definition) is 0. The molecular weight excluding hydrogens is 248 g/mol. The molecule has 2 nitrogen and oxygen atoms in total. The molecule has 0 unspecified atom stereocenters. The molecule has 0 amide bonds. The van der Waals surface area contributed by atoms with Gasteiger partial charge in [-0.3, -0.25) is 0 Å². The molecule has 0 fully saturated rings. The van der Waals surface area contributed by atoms with E-state index in [0.717, 1.165) is 6.07 Å². The van der Waals surface area contributed by atoms with Crippen LogP contribution in [0.15, 0.2) is 36.4 Å². The van der Waals surface area contributed by atoms with Gasteiger partial charge in [-0.15, -0.1) is 0 Å². The van der Waals surface area contributed by atoms with Gasteiger partial charge in [0.25, 0.3) is 0 Å². The van der Waals surface area contributed by atoms with Gasteiger partial charge in [-0.1, -0.05) is 6.07 Å². The highest BCUT2D eigenvalue weighted by Gasteiger charge is 2.10. The van der Waals surface area contributed by atoms with E-state index in [9.17, 15) is 8.78 Å². The number of nitriles is 1. The van der Waals surface area contributed by atoms with Crippen molar-refractivity contribution in [1.82, 2.24) is 0 Å². The van der Waals surface area contributed by atoms with E-state index in [1.165, 1.54) is 19.2 Å². The van der Waals surface area contributed by atoms with Gasteiger partial charge < -0.3 is 4.74 Å². The van der Waals surface area contributed by atoms with Crippen LogP contribution >= 0.6 is 0 Å². The van der Waals surface area contributed by atoms with Gasteiger partial charge in [-0.25, -0.2) is 8.78 Å². The maximum atomic E-state index is 13.7. The molecule has 0 saturated carbocycles. The molecule has 0 aliphatic carbocycles. The Morgan fingerprint density at radius 1 is 1.16 bits per heavy atom. The smallest absolute Gasteiger partial charge is 0.133 e. The van der Waals surface area contributed by atoms with Crippen LogP contribution < -0.4 is 4.74 Å². The van der Waals surface area contributed by atoms with Crippen molar-refractivity contribution in [2.45, 2.75) is 6.42 Å². The summed E-state index contributed by atoms with van der Waals surface area (Å²) in [5.41, 5.74) is 1.55. The molecule has 4 heteroatoms. The van der Waals surface area contributed by atoms with Gasteiger partial charge in [0.15, 0.2) is 0 Å². The summed E-state index contributed by atoms with van der Waals surface area (Å²) in [7, 11) is 1.51. The van der Waals surface area contributed by atoms with Crippen LogP contribution in [0.3, 0.4) is 0 Å². The molecule has 0 aromatic heterocycles. The highest BCUT2D eigenvalue weighted by atomic mass is 19.1. The van der Waals surface area contributed by atoms with Crippen molar-refractivity contribution in [3.8, 4) is 22.9 Å². The van der Waals surface area contributed by atoms with E-state index in [1.807, 2.05) is 6.07 Å². The quantitative estimate of drug-likeness (QED) is 0.841. The fourth-order valence-electron chi connectivity index (χ4n) is 1.89. The van der Waals surface area contributed by atoms with Crippen LogP contribution in [-0.4, -0.2) is 7.11 Å². The van der Waals surface area contributed by atoms with Crippen molar-refractivity contribution in [3.63, 3.8) is 0 Å². The van der Waals surface area contributed by atoms with E-state index in [2.05, 4.69) is 0 Å². The van der Waals surface area contributed by atoms with E-state index in [-0.39, 0.29) is 6.42 Å². The maximum absolute atomic E-state index is 13.7. The summed E-state index contributed by atoms with van der Waals surface area (Å²) in [6.07, 6.45) is 0.166. The second-order valence-corrected chi connectivity index (χ2v) is 3.99. The first kappa shape index (κ1) is 13.0. The van der Waals surface area contributed by atoms with Gasteiger partial charge in [0.05, 0.1) is 19.6 Å². The summed E-state index contributed by atoms with van der Waals surface area (Å²) in [4.78, 5) is 0. The second kappa shape index (κ2) is 5.49. The number of hydrogen-bond acceptors (Lipinski definition) is 2. The molecule has 0 spiro atoms. The number of benzene rings is 2. The number of methoxy groups -OCH3 is 1. The minimum absolute atomic E-state index is 0.166. The molecule has 0 saturated heterocycles. The van der Waals surface area contributed by atoms with Crippen LogP contribution in [0.1, 0.15) is 5.56 Å². The van der Waals surface area contributed by atoms with Gasteiger partial charge in [0.1, 0.15) is 17.4 Å². The van der Waals surface area contributed by atoms with E-state index >= 15 is 0 Å². The molecule has 0 heterocycles. The molecule has 0 N–H and O–H groups in total. The van der Waals surface area contributed by atoms with Crippen molar-refractivity contribution in [2.24, 2.45) is 0 Å². The molecule has 19 heavy (non-hydrogen) atoms. The van der Waals surface area contributed by atoms with Crippen LogP contribution in [0, 0.1) is 23.0 Å². The zero-order chi connectivity index (χ0) is 13.8. The molecule has 2 aromatic carbocycles. The van der Waals surface area contributed by atoms with Crippen molar-refractivity contribution in [1.29, 1.82) is 5.26 Å². The van der Waals surface area contributed by atoms with Gasteiger partial charge in [-0.05, 0) is 29.8 Å². The van der Waals surface area contributed by atoms with E-state index in [1.54, 1.807) is 18.2 Å². The third-order valence-corrected chi connectivity index (χ3v) is 2.79. The Bertz CT molecular complexity index is 647. The molecular formula is C15H11F2NO. The van der Waals surface area contributed by atoms with Crippen molar-refractivity contribution < 1.29 is 13.5 Å². The predicted molar refractivity (Wildman–Crippen MR) is 67.7 cm³/mol. The van der Waals surface area contributed by atoms with Crippen LogP contribution in [-0.2, 0) is 6.42 Å². The summed E-state index contributed by atoms with van der Waals surface area (Å²) >= 11 is 0. The topological polar surface area (TPSA) is 33.0 Å². The monoisotopic (exact) mass is 259 g/mol. The van der Waals surface area contributed by atoms with Gasteiger partial charge in [0, 0.05) is 17.2 Å². The Morgan fingerprint density at radius 2 is 1.95 bits per heavy atom. The van der Waals surface area contributed by atoms with E-state index in [0.29, 0.717) is 22.4 Å². The van der Waals surface area contributed by atoms with E-state index < -0.39 is 11.6 Å². The van der Waals surface area contributed by atoms with Gasteiger partial charge in [-0.2, -0.15) is 5.26 Å². The average Bonchev–Trinajstić information content (AvgIpc) is 2.39. The summed E-state index contributed by atoms with van der Waals surface area (Å²) in [5.74, 6) is -0.673. The first-order chi connectivity index (χ1) is 9.15. The minimum atomic E-state index is -0.631. The van der Waals surface area contributed by atoms with Crippen molar-refractivity contribution in [3.05, 3.63) is 53.6 Å². The Kier molecular flexibility index (Phi) is 3.76. The fraction of sp³-hybridized carbons (Fsp3) is 0.133. The van der Waals surface area contributed by atoms with Gasteiger partial charge in [0.2, 0.25) is 0 Å². The predicted octanol–water partition coefficient (Wildman–Crippen LogP) is 3.71. The lowest BCUT2D eigenvalue weighted by molar-refractivity contribution is 0.411. The Morgan fingerprint density at radius 3 is 2.58 bits per heavy atom. The van der Waals surface area contributed by atoms with Gasteiger partial charge >= 0.3 is 0 Å².